The first-order valence-corrected chi connectivity index (χ1v) is 6.71. The Hall–Kier alpha value is -2.04. The van der Waals surface area contributed by atoms with Crippen LogP contribution < -0.4 is 16.4 Å². The highest BCUT2D eigenvalue weighted by Gasteiger charge is 2.19. The van der Waals surface area contributed by atoms with Gasteiger partial charge in [0, 0.05) is 17.6 Å². The molecule has 0 radical (unpaired) electrons. The highest BCUT2D eigenvalue weighted by atomic mass is 16.2. The fourth-order valence-electron chi connectivity index (χ4n) is 1.52. The van der Waals surface area contributed by atoms with Gasteiger partial charge in [-0.1, -0.05) is 32.9 Å². The van der Waals surface area contributed by atoms with Crippen molar-refractivity contribution in [3.8, 4) is 0 Å². The van der Waals surface area contributed by atoms with Crippen molar-refractivity contribution >= 4 is 17.6 Å². The normalized spacial score (nSPS) is 12.1. The van der Waals surface area contributed by atoms with Gasteiger partial charge in [0.05, 0.1) is 6.54 Å². The molecule has 1 aromatic carbocycles. The number of amides is 1. The zero-order valence-corrected chi connectivity index (χ0v) is 12.7. The van der Waals surface area contributed by atoms with Crippen molar-refractivity contribution in [2.45, 2.75) is 27.7 Å². The molecule has 0 atom stereocenters. The molecular formula is C15H24N4O. The molecule has 0 spiro atoms. The number of nitrogens with zero attached hydrogens (tertiary/aromatic N) is 1. The Morgan fingerprint density at radius 1 is 1.35 bits per heavy atom. The molecule has 1 rings (SSSR count). The van der Waals surface area contributed by atoms with Gasteiger partial charge < -0.3 is 16.4 Å². The van der Waals surface area contributed by atoms with Crippen LogP contribution in [0.3, 0.4) is 0 Å². The van der Waals surface area contributed by atoms with E-state index in [1.807, 2.05) is 52.0 Å². The van der Waals surface area contributed by atoms with Crippen LogP contribution in [0, 0.1) is 12.3 Å². The van der Waals surface area contributed by atoms with Crippen molar-refractivity contribution < 1.29 is 4.79 Å². The summed E-state index contributed by atoms with van der Waals surface area (Å²) in [4.78, 5) is 15.8. The fourth-order valence-corrected chi connectivity index (χ4v) is 1.52. The van der Waals surface area contributed by atoms with E-state index in [0.717, 1.165) is 11.3 Å². The molecule has 0 aromatic heterocycles. The van der Waals surface area contributed by atoms with Crippen molar-refractivity contribution in [1.82, 2.24) is 5.32 Å². The average molecular weight is 276 g/mol. The Morgan fingerprint density at radius 3 is 2.65 bits per heavy atom. The lowest BCUT2D eigenvalue weighted by Crippen LogP contribution is -2.36. The third-order valence-corrected chi connectivity index (χ3v) is 2.65. The fraction of sp³-hybridized carbons (Fsp3) is 0.467. The molecule has 0 fully saturated rings. The Bertz CT molecular complexity index is 489. The zero-order valence-electron chi connectivity index (χ0n) is 12.7. The number of benzene rings is 1. The van der Waals surface area contributed by atoms with Gasteiger partial charge in [-0.25, -0.2) is 0 Å². The van der Waals surface area contributed by atoms with E-state index in [4.69, 9.17) is 5.73 Å². The molecular weight excluding hydrogens is 252 g/mol. The van der Waals surface area contributed by atoms with E-state index in [1.54, 1.807) is 0 Å². The van der Waals surface area contributed by atoms with Gasteiger partial charge in [0.1, 0.15) is 0 Å². The van der Waals surface area contributed by atoms with Gasteiger partial charge in [0.2, 0.25) is 5.91 Å². The second-order valence-electron chi connectivity index (χ2n) is 5.77. The van der Waals surface area contributed by atoms with Crippen LogP contribution >= 0.6 is 0 Å². The molecule has 0 aliphatic carbocycles. The molecule has 0 aliphatic heterocycles. The lowest BCUT2D eigenvalue weighted by molar-refractivity contribution is -0.128. The van der Waals surface area contributed by atoms with Gasteiger partial charge >= 0.3 is 0 Å². The Morgan fingerprint density at radius 2 is 2.05 bits per heavy atom. The number of nitrogens with one attached hydrogen (secondary N) is 2. The van der Waals surface area contributed by atoms with Gasteiger partial charge in [-0.05, 0) is 24.6 Å². The quantitative estimate of drug-likeness (QED) is 0.446. The van der Waals surface area contributed by atoms with Crippen molar-refractivity contribution in [1.29, 1.82) is 0 Å². The molecule has 0 aliphatic rings. The van der Waals surface area contributed by atoms with E-state index < -0.39 is 0 Å². The summed E-state index contributed by atoms with van der Waals surface area (Å²) in [7, 11) is 0. The molecule has 0 bridgehead atoms. The molecule has 5 heteroatoms. The Kier molecular flexibility index (Phi) is 5.55. The first-order chi connectivity index (χ1) is 9.29. The van der Waals surface area contributed by atoms with E-state index in [1.165, 1.54) is 0 Å². The number of hydrogen-bond acceptors (Lipinski definition) is 2. The highest BCUT2D eigenvalue weighted by molar-refractivity contribution is 5.92. The van der Waals surface area contributed by atoms with Crippen LogP contribution in [0.15, 0.2) is 29.3 Å². The summed E-state index contributed by atoms with van der Waals surface area (Å²) in [6.07, 6.45) is 0. The maximum atomic E-state index is 11.6. The van der Waals surface area contributed by atoms with Crippen LogP contribution in [0.4, 0.5) is 5.69 Å². The SMILES string of the molecule is Cc1cccc(NC(N)=NCCNC(=O)C(C)(C)C)c1. The lowest BCUT2D eigenvalue weighted by Gasteiger charge is -2.17. The van der Waals surface area contributed by atoms with Crippen LogP contribution in [0.1, 0.15) is 26.3 Å². The summed E-state index contributed by atoms with van der Waals surface area (Å²) in [5.74, 6) is 0.360. The average Bonchev–Trinajstić information content (AvgIpc) is 2.33. The summed E-state index contributed by atoms with van der Waals surface area (Å²) in [6.45, 7) is 8.57. The third-order valence-electron chi connectivity index (χ3n) is 2.65. The van der Waals surface area contributed by atoms with E-state index in [-0.39, 0.29) is 11.3 Å². The smallest absolute Gasteiger partial charge is 0.225 e. The first-order valence-electron chi connectivity index (χ1n) is 6.71. The predicted octanol–water partition coefficient (Wildman–Crippen LogP) is 1.88. The van der Waals surface area contributed by atoms with Crippen molar-refractivity contribution in [3.63, 3.8) is 0 Å². The number of rotatable bonds is 4. The molecule has 0 heterocycles. The predicted molar refractivity (Wildman–Crippen MR) is 83.8 cm³/mol. The van der Waals surface area contributed by atoms with Crippen molar-refractivity contribution in [3.05, 3.63) is 29.8 Å². The number of aliphatic imine (C=N–C) groups is 1. The molecule has 1 amide bonds. The summed E-state index contributed by atoms with van der Waals surface area (Å²) >= 11 is 0. The summed E-state index contributed by atoms with van der Waals surface area (Å²) < 4.78 is 0. The molecule has 20 heavy (non-hydrogen) atoms. The summed E-state index contributed by atoms with van der Waals surface area (Å²) in [5.41, 5.74) is 7.47. The van der Waals surface area contributed by atoms with Crippen LogP contribution in [0.2, 0.25) is 0 Å². The van der Waals surface area contributed by atoms with Gasteiger partial charge in [-0.3, -0.25) is 9.79 Å². The maximum absolute atomic E-state index is 11.6. The van der Waals surface area contributed by atoms with Crippen LogP contribution in [-0.2, 0) is 4.79 Å². The Labute approximate surface area is 120 Å². The minimum atomic E-state index is -0.380. The molecule has 110 valence electrons. The zero-order chi connectivity index (χ0) is 15.2. The van der Waals surface area contributed by atoms with Gasteiger partial charge in [0.15, 0.2) is 5.96 Å². The van der Waals surface area contributed by atoms with Gasteiger partial charge in [-0.2, -0.15) is 0 Å². The van der Waals surface area contributed by atoms with E-state index in [9.17, 15) is 4.79 Å². The van der Waals surface area contributed by atoms with Gasteiger partial charge in [-0.15, -0.1) is 0 Å². The minimum Gasteiger partial charge on any atom is -0.370 e. The van der Waals surface area contributed by atoms with Crippen molar-refractivity contribution in [2.75, 3.05) is 18.4 Å². The third kappa shape index (κ3) is 5.73. The van der Waals surface area contributed by atoms with Crippen molar-refractivity contribution in [2.24, 2.45) is 16.1 Å². The van der Waals surface area contributed by atoms with Crippen LogP contribution in [0.5, 0.6) is 0 Å². The first kappa shape index (κ1) is 16.0. The number of guanidine groups is 1. The number of aryl methyl sites for hydroxylation is 1. The monoisotopic (exact) mass is 276 g/mol. The number of carbonyl (C=O) groups excluding carboxylic acids is 1. The molecule has 0 saturated heterocycles. The number of anilines is 1. The molecule has 5 nitrogen and oxygen atoms in total. The topological polar surface area (TPSA) is 79.5 Å². The molecule has 0 unspecified atom stereocenters. The highest BCUT2D eigenvalue weighted by Crippen LogP contribution is 2.12. The molecule has 0 saturated carbocycles. The summed E-state index contributed by atoms with van der Waals surface area (Å²) in [6, 6.07) is 7.88. The Balaban J connectivity index is 2.38. The minimum absolute atomic E-state index is 0.0120. The van der Waals surface area contributed by atoms with Crippen LogP contribution in [0.25, 0.3) is 0 Å². The summed E-state index contributed by atoms with van der Waals surface area (Å²) in [5, 5.41) is 5.84. The maximum Gasteiger partial charge on any atom is 0.225 e. The lowest BCUT2D eigenvalue weighted by atomic mass is 9.96. The number of carbonyl (C=O) groups is 1. The second-order valence-corrected chi connectivity index (χ2v) is 5.77. The van der Waals surface area contributed by atoms with E-state index >= 15 is 0 Å². The largest absolute Gasteiger partial charge is 0.370 e. The molecule has 4 N–H and O–H groups in total. The number of nitrogens with two attached hydrogens (primary N) is 1. The van der Waals surface area contributed by atoms with E-state index in [2.05, 4.69) is 15.6 Å². The van der Waals surface area contributed by atoms with Crippen LogP contribution in [-0.4, -0.2) is 25.0 Å². The standard InChI is InChI=1S/C15H24N4O/c1-11-6-5-7-12(10-11)19-14(16)18-9-8-17-13(20)15(2,3)4/h5-7,10H,8-9H2,1-4H3,(H,17,20)(H3,16,18,19). The van der Waals surface area contributed by atoms with Gasteiger partial charge in [0.25, 0.3) is 0 Å². The molecule has 1 aromatic rings. The van der Waals surface area contributed by atoms with E-state index in [0.29, 0.717) is 19.0 Å². The second kappa shape index (κ2) is 6.93. The number of hydrogen-bond donors (Lipinski definition) is 3.